The van der Waals surface area contributed by atoms with Gasteiger partial charge < -0.3 is 10.2 Å². The molecule has 132 valence electrons. The van der Waals surface area contributed by atoms with E-state index in [-0.39, 0.29) is 5.91 Å². The van der Waals surface area contributed by atoms with E-state index in [0.717, 1.165) is 17.8 Å². The Kier molecular flexibility index (Phi) is 5.59. The number of nitrogens with zero attached hydrogens (tertiary/aromatic N) is 3. The van der Waals surface area contributed by atoms with Crippen molar-refractivity contribution in [3.05, 3.63) is 83.6 Å². The van der Waals surface area contributed by atoms with Gasteiger partial charge in [-0.25, -0.2) is 0 Å². The van der Waals surface area contributed by atoms with Crippen molar-refractivity contribution in [2.24, 2.45) is 0 Å². The molecule has 3 rings (SSSR count). The van der Waals surface area contributed by atoms with Gasteiger partial charge in [0.25, 0.3) is 5.91 Å². The lowest BCUT2D eigenvalue weighted by molar-refractivity contribution is 0.0945. The van der Waals surface area contributed by atoms with Crippen LogP contribution in [0.2, 0.25) is 0 Å². The Bertz CT molecular complexity index is 863. The highest BCUT2D eigenvalue weighted by molar-refractivity contribution is 5.92. The van der Waals surface area contributed by atoms with Crippen molar-refractivity contribution in [3.8, 4) is 0 Å². The summed E-state index contributed by atoms with van der Waals surface area (Å²) in [5.41, 5.74) is 3.58. The van der Waals surface area contributed by atoms with E-state index in [1.807, 2.05) is 72.5 Å². The third kappa shape index (κ3) is 4.25. The normalized spacial score (nSPS) is 10.4. The molecule has 0 aliphatic rings. The van der Waals surface area contributed by atoms with Crippen LogP contribution in [0.1, 0.15) is 28.5 Å². The fourth-order valence-corrected chi connectivity index (χ4v) is 2.77. The molecule has 0 unspecified atom stereocenters. The Morgan fingerprint density at radius 1 is 1.00 bits per heavy atom. The average Bonchev–Trinajstić information content (AvgIpc) is 2.68. The predicted molar refractivity (Wildman–Crippen MR) is 104 cm³/mol. The molecule has 3 aromatic rings. The van der Waals surface area contributed by atoms with Crippen molar-refractivity contribution in [2.75, 3.05) is 11.4 Å². The quantitative estimate of drug-likeness (QED) is 0.736. The minimum Gasteiger partial charge on any atom is -0.347 e. The van der Waals surface area contributed by atoms with E-state index in [2.05, 4.69) is 22.4 Å². The molecule has 0 bridgehead atoms. The second-order valence-corrected chi connectivity index (χ2v) is 6.03. The Hall–Kier alpha value is -3.21. The Labute approximate surface area is 153 Å². The van der Waals surface area contributed by atoms with Crippen LogP contribution in [-0.2, 0) is 6.54 Å². The second-order valence-electron chi connectivity index (χ2n) is 6.03. The summed E-state index contributed by atoms with van der Waals surface area (Å²) in [4.78, 5) is 14.3. The lowest BCUT2D eigenvalue weighted by Crippen LogP contribution is -2.25. The molecular weight excluding hydrogens is 324 g/mol. The highest BCUT2D eigenvalue weighted by Crippen LogP contribution is 2.22. The minimum absolute atomic E-state index is 0.228. The molecule has 5 heteroatoms. The van der Waals surface area contributed by atoms with E-state index in [4.69, 9.17) is 0 Å². The molecular formula is C21H22N4O. The maximum atomic E-state index is 12.3. The van der Waals surface area contributed by atoms with Crippen LogP contribution in [0.3, 0.4) is 0 Å². The summed E-state index contributed by atoms with van der Waals surface area (Å²) in [6, 6.07) is 21.6. The fourth-order valence-electron chi connectivity index (χ4n) is 2.77. The average molecular weight is 346 g/mol. The van der Waals surface area contributed by atoms with Gasteiger partial charge >= 0.3 is 0 Å². The van der Waals surface area contributed by atoms with Gasteiger partial charge in [-0.05, 0) is 43.7 Å². The molecule has 0 aliphatic heterocycles. The highest BCUT2D eigenvalue weighted by atomic mass is 16.1. The van der Waals surface area contributed by atoms with Crippen LogP contribution < -0.4 is 10.2 Å². The predicted octanol–water partition coefficient (Wildman–Crippen LogP) is 3.87. The van der Waals surface area contributed by atoms with Crippen LogP contribution in [0.15, 0.2) is 66.7 Å². The number of carbonyl (C=O) groups excluding carboxylic acids is 1. The van der Waals surface area contributed by atoms with Crippen LogP contribution in [0.4, 0.5) is 11.5 Å². The first-order valence-electron chi connectivity index (χ1n) is 8.67. The molecule has 1 heterocycles. The summed E-state index contributed by atoms with van der Waals surface area (Å²) in [7, 11) is 0. The zero-order valence-corrected chi connectivity index (χ0v) is 15.0. The molecule has 0 spiro atoms. The molecule has 1 aromatic heterocycles. The van der Waals surface area contributed by atoms with E-state index >= 15 is 0 Å². The van der Waals surface area contributed by atoms with Gasteiger partial charge in [0, 0.05) is 18.8 Å². The molecule has 0 fully saturated rings. The Morgan fingerprint density at radius 3 is 2.46 bits per heavy atom. The number of hydrogen-bond donors (Lipinski definition) is 1. The lowest BCUT2D eigenvalue weighted by atomic mass is 10.1. The van der Waals surface area contributed by atoms with E-state index < -0.39 is 0 Å². The maximum absolute atomic E-state index is 12.3. The standard InChI is InChI=1S/C21H22N4O/c1-3-25(18-10-5-4-6-11-18)20-13-12-19(23-24-20)21(26)22-15-17-9-7-8-16(2)14-17/h4-14H,3,15H2,1-2H3,(H,22,26). The molecule has 0 radical (unpaired) electrons. The first-order chi connectivity index (χ1) is 12.7. The van der Waals surface area contributed by atoms with Crippen LogP contribution in [0.5, 0.6) is 0 Å². The minimum atomic E-state index is -0.228. The van der Waals surface area contributed by atoms with Crippen molar-refractivity contribution < 1.29 is 4.79 Å². The van der Waals surface area contributed by atoms with Gasteiger partial charge in [-0.3, -0.25) is 4.79 Å². The summed E-state index contributed by atoms with van der Waals surface area (Å²) in [6.45, 7) is 5.31. The monoisotopic (exact) mass is 346 g/mol. The molecule has 1 amide bonds. The van der Waals surface area contributed by atoms with Gasteiger partial charge in [0.2, 0.25) is 0 Å². The molecule has 0 atom stereocenters. The Balaban J connectivity index is 1.67. The summed E-state index contributed by atoms with van der Waals surface area (Å²) in [6.07, 6.45) is 0. The second kappa shape index (κ2) is 8.25. The first kappa shape index (κ1) is 17.6. The summed E-state index contributed by atoms with van der Waals surface area (Å²) in [5.74, 6) is 0.488. The fraction of sp³-hybridized carbons (Fsp3) is 0.190. The molecule has 5 nitrogen and oxygen atoms in total. The van der Waals surface area contributed by atoms with E-state index in [1.165, 1.54) is 5.56 Å². The molecule has 26 heavy (non-hydrogen) atoms. The van der Waals surface area contributed by atoms with Gasteiger partial charge in [0.05, 0.1) is 0 Å². The van der Waals surface area contributed by atoms with Crippen molar-refractivity contribution in [3.63, 3.8) is 0 Å². The largest absolute Gasteiger partial charge is 0.347 e. The molecule has 1 N–H and O–H groups in total. The van der Waals surface area contributed by atoms with E-state index in [1.54, 1.807) is 6.07 Å². The topological polar surface area (TPSA) is 58.1 Å². The summed E-state index contributed by atoms with van der Waals surface area (Å²) < 4.78 is 0. The number of aromatic nitrogens is 2. The van der Waals surface area contributed by atoms with Crippen LogP contribution >= 0.6 is 0 Å². The van der Waals surface area contributed by atoms with Crippen LogP contribution in [0, 0.1) is 6.92 Å². The SMILES string of the molecule is CCN(c1ccccc1)c1ccc(C(=O)NCc2cccc(C)c2)nn1. The van der Waals surface area contributed by atoms with Crippen molar-refractivity contribution >= 4 is 17.4 Å². The molecule has 0 aliphatic carbocycles. The summed E-state index contributed by atoms with van der Waals surface area (Å²) in [5, 5.41) is 11.2. The van der Waals surface area contributed by atoms with Crippen LogP contribution in [0.25, 0.3) is 0 Å². The van der Waals surface area contributed by atoms with Gasteiger partial charge in [0.15, 0.2) is 11.5 Å². The zero-order chi connectivity index (χ0) is 18.4. The highest BCUT2D eigenvalue weighted by Gasteiger charge is 2.12. The number of benzene rings is 2. The smallest absolute Gasteiger partial charge is 0.272 e. The molecule has 0 saturated carbocycles. The number of para-hydroxylation sites is 1. The van der Waals surface area contributed by atoms with Gasteiger partial charge in [-0.1, -0.05) is 48.0 Å². The first-order valence-corrected chi connectivity index (χ1v) is 8.67. The number of anilines is 2. The number of hydrogen-bond acceptors (Lipinski definition) is 4. The van der Waals surface area contributed by atoms with E-state index in [0.29, 0.717) is 18.1 Å². The van der Waals surface area contributed by atoms with Gasteiger partial charge in [-0.15, -0.1) is 10.2 Å². The number of aryl methyl sites for hydroxylation is 1. The number of rotatable bonds is 6. The van der Waals surface area contributed by atoms with Crippen molar-refractivity contribution in [1.82, 2.24) is 15.5 Å². The zero-order valence-electron chi connectivity index (χ0n) is 15.0. The number of carbonyl (C=O) groups is 1. The third-order valence-electron chi connectivity index (χ3n) is 4.08. The van der Waals surface area contributed by atoms with Crippen molar-refractivity contribution in [1.29, 1.82) is 0 Å². The molecule has 2 aromatic carbocycles. The van der Waals surface area contributed by atoms with Crippen molar-refractivity contribution in [2.45, 2.75) is 20.4 Å². The summed E-state index contributed by atoms with van der Waals surface area (Å²) >= 11 is 0. The number of amides is 1. The maximum Gasteiger partial charge on any atom is 0.272 e. The number of nitrogens with one attached hydrogen (secondary N) is 1. The molecule has 0 saturated heterocycles. The third-order valence-corrected chi connectivity index (χ3v) is 4.08. The van der Waals surface area contributed by atoms with E-state index in [9.17, 15) is 4.79 Å². The Morgan fingerprint density at radius 2 is 1.81 bits per heavy atom. The van der Waals surface area contributed by atoms with Gasteiger partial charge in [0.1, 0.15) is 0 Å². The van der Waals surface area contributed by atoms with Gasteiger partial charge in [-0.2, -0.15) is 0 Å². The van der Waals surface area contributed by atoms with Crippen LogP contribution in [-0.4, -0.2) is 22.6 Å². The lowest BCUT2D eigenvalue weighted by Gasteiger charge is -2.21.